The fourth-order valence-electron chi connectivity index (χ4n) is 2.75. The Morgan fingerprint density at radius 1 is 1.45 bits per heavy atom. The molecular formula is C15H23N3O3S. The van der Waals surface area contributed by atoms with E-state index in [-0.39, 0.29) is 5.91 Å². The van der Waals surface area contributed by atoms with Gasteiger partial charge in [-0.15, -0.1) is 11.3 Å². The van der Waals surface area contributed by atoms with E-state index in [4.69, 9.17) is 4.74 Å². The van der Waals surface area contributed by atoms with Crippen molar-refractivity contribution in [1.29, 1.82) is 0 Å². The number of nitrogens with one attached hydrogen (secondary N) is 1. The molecule has 1 aromatic rings. The summed E-state index contributed by atoms with van der Waals surface area (Å²) in [6.45, 7) is 5.07. The Morgan fingerprint density at radius 2 is 2.23 bits per heavy atom. The van der Waals surface area contributed by atoms with E-state index in [1.54, 1.807) is 11.3 Å². The standard InChI is InChI=1S/C15H23N3O3S/c1-4-11-13(22-10(2)17-11)9-16-14(19)12-7-5-6-8-18(12)15(20)21-3/h12H,4-9H2,1-3H3,(H,16,19)/t12-/m0/s1. The predicted octanol–water partition coefficient (Wildman–Crippen LogP) is 2.25. The molecule has 22 heavy (non-hydrogen) atoms. The van der Waals surface area contributed by atoms with Crippen molar-refractivity contribution in [1.82, 2.24) is 15.2 Å². The first kappa shape index (κ1) is 16.7. The smallest absolute Gasteiger partial charge is 0.410 e. The molecule has 122 valence electrons. The second-order valence-electron chi connectivity index (χ2n) is 5.35. The zero-order valence-electron chi connectivity index (χ0n) is 13.3. The molecule has 1 saturated heterocycles. The van der Waals surface area contributed by atoms with Crippen molar-refractivity contribution in [3.8, 4) is 0 Å². The normalized spacial score (nSPS) is 18.1. The molecule has 1 atom stereocenters. The minimum atomic E-state index is -0.430. The Kier molecular flexibility index (Phi) is 5.76. The van der Waals surface area contributed by atoms with Crippen LogP contribution in [-0.4, -0.2) is 41.6 Å². The zero-order chi connectivity index (χ0) is 16.1. The highest BCUT2D eigenvalue weighted by molar-refractivity contribution is 7.11. The van der Waals surface area contributed by atoms with Gasteiger partial charge in [-0.2, -0.15) is 0 Å². The molecule has 2 rings (SSSR count). The van der Waals surface area contributed by atoms with E-state index in [2.05, 4.69) is 17.2 Å². The molecule has 1 N–H and O–H groups in total. The van der Waals surface area contributed by atoms with Gasteiger partial charge in [-0.05, 0) is 32.6 Å². The van der Waals surface area contributed by atoms with Gasteiger partial charge in [-0.1, -0.05) is 6.92 Å². The van der Waals surface area contributed by atoms with Gasteiger partial charge in [-0.25, -0.2) is 9.78 Å². The highest BCUT2D eigenvalue weighted by atomic mass is 32.1. The lowest BCUT2D eigenvalue weighted by atomic mass is 10.0. The van der Waals surface area contributed by atoms with Crippen molar-refractivity contribution in [2.24, 2.45) is 0 Å². The molecule has 2 heterocycles. The van der Waals surface area contributed by atoms with E-state index in [0.29, 0.717) is 19.5 Å². The number of hydrogen-bond donors (Lipinski definition) is 1. The van der Waals surface area contributed by atoms with Crippen LogP contribution in [0.5, 0.6) is 0 Å². The average molecular weight is 325 g/mol. The number of ether oxygens (including phenoxy) is 1. The molecule has 0 unspecified atom stereocenters. The molecule has 6 nitrogen and oxygen atoms in total. The molecular weight excluding hydrogens is 302 g/mol. The number of carbonyl (C=O) groups is 2. The van der Waals surface area contributed by atoms with Crippen LogP contribution < -0.4 is 5.32 Å². The van der Waals surface area contributed by atoms with Crippen LogP contribution in [0.3, 0.4) is 0 Å². The summed E-state index contributed by atoms with van der Waals surface area (Å²) >= 11 is 1.61. The first-order valence-corrected chi connectivity index (χ1v) is 8.46. The summed E-state index contributed by atoms with van der Waals surface area (Å²) in [6, 6.07) is -0.430. The summed E-state index contributed by atoms with van der Waals surface area (Å²) < 4.78 is 4.77. The van der Waals surface area contributed by atoms with Crippen LogP contribution in [0.4, 0.5) is 4.79 Å². The van der Waals surface area contributed by atoms with E-state index in [0.717, 1.165) is 34.8 Å². The molecule has 2 amide bonds. The number of carbonyl (C=O) groups excluding carboxylic acids is 2. The van der Waals surface area contributed by atoms with Gasteiger partial charge in [0, 0.05) is 11.4 Å². The predicted molar refractivity (Wildman–Crippen MR) is 84.8 cm³/mol. The van der Waals surface area contributed by atoms with E-state index < -0.39 is 12.1 Å². The minimum absolute atomic E-state index is 0.113. The first-order chi connectivity index (χ1) is 10.6. The summed E-state index contributed by atoms with van der Waals surface area (Å²) in [6.07, 6.45) is 2.97. The number of rotatable bonds is 4. The summed E-state index contributed by atoms with van der Waals surface area (Å²) in [7, 11) is 1.35. The highest BCUT2D eigenvalue weighted by Gasteiger charge is 2.32. The van der Waals surface area contributed by atoms with Gasteiger partial charge in [-0.3, -0.25) is 9.69 Å². The number of hydrogen-bond acceptors (Lipinski definition) is 5. The number of aromatic nitrogens is 1. The van der Waals surface area contributed by atoms with Crippen molar-refractivity contribution >= 4 is 23.3 Å². The maximum Gasteiger partial charge on any atom is 0.410 e. The summed E-state index contributed by atoms with van der Waals surface area (Å²) in [5.74, 6) is -0.113. The molecule has 0 aliphatic carbocycles. The van der Waals surface area contributed by atoms with E-state index >= 15 is 0 Å². The summed E-state index contributed by atoms with van der Waals surface area (Å²) in [5.41, 5.74) is 1.04. The van der Waals surface area contributed by atoms with E-state index in [9.17, 15) is 9.59 Å². The quantitative estimate of drug-likeness (QED) is 0.921. The van der Waals surface area contributed by atoms with Crippen LogP contribution in [0.2, 0.25) is 0 Å². The average Bonchev–Trinajstić information content (AvgIpc) is 2.91. The molecule has 0 aromatic carbocycles. The monoisotopic (exact) mass is 325 g/mol. The largest absolute Gasteiger partial charge is 0.453 e. The second kappa shape index (κ2) is 7.58. The van der Waals surface area contributed by atoms with Crippen molar-refractivity contribution in [2.75, 3.05) is 13.7 Å². The van der Waals surface area contributed by atoms with E-state index in [1.807, 2.05) is 6.92 Å². The number of methoxy groups -OCH3 is 1. The van der Waals surface area contributed by atoms with Crippen molar-refractivity contribution in [2.45, 2.75) is 52.1 Å². The van der Waals surface area contributed by atoms with Crippen LogP contribution in [0.15, 0.2) is 0 Å². The lowest BCUT2D eigenvalue weighted by molar-refractivity contribution is -0.127. The van der Waals surface area contributed by atoms with Crippen LogP contribution in [0.25, 0.3) is 0 Å². The maximum atomic E-state index is 12.4. The fraction of sp³-hybridized carbons (Fsp3) is 0.667. The number of thiazole rings is 1. The number of likely N-dealkylation sites (tertiary alicyclic amines) is 1. The van der Waals surface area contributed by atoms with Gasteiger partial charge in [0.2, 0.25) is 5.91 Å². The van der Waals surface area contributed by atoms with Gasteiger partial charge < -0.3 is 10.1 Å². The lowest BCUT2D eigenvalue weighted by Gasteiger charge is -2.33. The molecule has 0 radical (unpaired) electrons. The van der Waals surface area contributed by atoms with Crippen LogP contribution in [0.1, 0.15) is 41.8 Å². The molecule has 1 fully saturated rings. The van der Waals surface area contributed by atoms with Gasteiger partial charge in [0.1, 0.15) is 6.04 Å². The molecule has 0 saturated carbocycles. The van der Waals surface area contributed by atoms with Gasteiger partial charge >= 0.3 is 6.09 Å². The molecule has 0 bridgehead atoms. The second-order valence-corrected chi connectivity index (χ2v) is 6.64. The number of nitrogens with zero attached hydrogens (tertiary/aromatic N) is 2. The number of piperidine rings is 1. The van der Waals surface area contributed by atoms with Crippen molar-refractivity contribution in [3.63, 3.8) is 0 Å². The van der Waals surface area contributed by atoms with E-state index in [1.165, 1.54) is 12.0 Å². The van der Waals surface area contributed by atoms with Gasteiger partial charge in [0.25, 0.3) is 0 Å². The Labute approximate surface area is 134 Å². The maximum absolute atomic E-state index is 12.4. The first-order valence-electron chi connectivity index (χ1n) is 7.64. The lowest BCUT2D eigenvalue weighted by Crippen LogP contribution is -2.51. The van der Waals surface area contributed by atoms with Crippen LogP contribution in [0, 0.1) is 6.92 Å². The topological polar surface area (TPSA) is 71.5 Å². The fourth-order valence-corrected chi connectivity index (χ4v) is 3.72. The Balaban J connectivity index is 1.99. The van der Waals surface area contributed by atoms with Crippen LogP contribution >= 0.6 is 11.3 Å². The van der Waals surface area contributed by atoms with Crippen molar-refractivity contribution in [3.05, 3.63) is 15.6 Å². The number of amides is 2. The summed E-state index contributed by atoms with van der Waals surface area (Å²) in [4.78, 5) is 31.3. The molecule has 1 aliphatic heterocycles. The Bertz CT molecular complexity index is 544. The van der Waals surface area contributed by atoms with Crippen LogP contribution in [-0.2, 0) is 22.5 Å². The highest BCUT2D eigenvalue weighted by Crippen LogP contribution is 2.20. The molecule has 7 heteroatoms. The zero-order valence-corrected chi connectivity index (χ0v) is 14.2. The third-order valence-corrected chi connectivity index (χ3v) is 4.87. The Hall–Kier alpha value is -1.63. The van der Waals surface area contributed by atoms with Gasteiger partial charge in [0.05, 0.1) is 24.4 Å². The third kappa shape index (κ3) is 3.76. The third-order valence-electron chi connectivity index (χ3n) is 3.86. The number of aryl methyl sites for hydroxylation is 2. The van der Waals surface area contributed by atoms with Gasteiger partial charge in [0.15, 0.2) is 0 Å². The summed E-state index contributed by atoms with van der Waals surface area (Å²) in [5, 5.41) is 3.96. The molecule has 1 aliphatic rings. The molecule has 0 spiro atoms. The Morgan fingerprint density at radius 3 is 2.91 bits per heavy atom. The van der Waals surface area contributed by atoms with Crippen molar-refractivity contribution < 1.29 is 14.3 Å². The molecule has 1 aromatic heterocycles. The minimum Gasteiger partial charge on any atom is -0.453 e. The SMILES string of the molecule is CCc1nc(C)sc1CNC(=O)[C@@H]1CCCCN1C(=O)OC.